The monoisotopic (exact) mass is 269 g/mol. The van der Waals surface area contributed by atoms with E-state index in [-0.39, 0.29) is 24.4 Å². The van der Waals surface area contributed by atoms with Crippen LogP contribution >= 0.6 is 11.6 Å². The summed E-state index contributed by atoms with van der Waals surface area (Å²) in [7, 11) is 0. The number of aliphatic hydroxyl groups excluding tert-OH is 1. The van der Waals surface area contributed by atoms with Gasteiger partial charge in [-0.25, -0.2) is 0 Å². The van der Waals surface area contributed by atoms with Gasteiger partial charge in [-0.1, -0.05) is 30.3 Å². The van der Waals surface area contributed by atoms with Gasteiger partial charge in [-0.05, 0) is 25.8 Å². The molecule has 2 N–H and O–H groups in total. The fraction of sp³-hybridized carbons (Fsp3) is 0.500. The van der Waals surface area contributed by atoms with E-state index in [1.54, 1.807) is 13.8 Å². The highest BCUT2D eigenvalue weighted by molar-refractivity contribution is 6.19. The van der Waals surface area contributed by atoms with Gasteiger partial charge in [-0.3, -0.25) is 4.79 Å². The predicted octanol–water partition coefficient (Wildman–Crippen LogP) is 1.97. The van der Waals surface area contributed by atoms with Gasteiger partial charge in [0.2, 0.25) is 5.91 Å². The SMILES string of the molecule is CC(C)(CCl)C(=O)N[C@@H](CO)Cc1ccccc1. The number of amides is 1. The molecule has 1 rings (SSSR count). The van der Waals surface area contributed by atoms with Crippen molar-refractivity contribution in [1.82, 2.24) is 5.32 Å². The first-order valence-corrected chi connectivity index (χ1v) is 6.55. The second-order valence-electron chi connectivity index (χ2n) is 5.06. The van der Waals surface area contributed by atoms with E-state index in [2.05, 4.69) is 5.32 Å². The molecule has 4 heteroatoms. The van der Waals surface area contributed by atoms with Crippen LogP contribution in [0.15, 0.2) is 30.3 Å². The molecule has 0 unspecified atom stereocenters. The Morgan fingerprint density at radius 2 is 2.00 bits per heavy atom. The van der Waals surface area contributed by atoms with E-state index in [0.717, 1.165) is 5.56 Å². The third-order valence-corrected chi connectivity index (χ3v) is 3.50. The molecule has 0 bridgehead atoms. The summed E-state index contributed by atoms with van der Waals surface area (Å²) < 4.78 is 0. The number of rotatable bonds is 6. The zero-order valence-corrected chi connectivity index (χ0v) is 11.6. The van der Waals surface area contributed by atoms with Crippen molar-refractivity contribution in [2.75, 3.05) is 12.5 Å². The number of alkyl halides is 1. The fourth-order valence-corrected chi connectivity index (χ4v) is 1.62. The maximum atomic E-state index is 11.9. The Morgan fingerprint density at radius 1 is 1.39 bits per heavy atom. The fourth-order valence-electron chi connectivity index (χ4n) is 1.50. The zero-order valence-electron chi connectivity index (χ0n) is 10.8. The number of nitrogens with one attached hydrogen (secondary N) is 1. The van der Waals surface area contributed by atoms with E-state index >= 15 is 0 Å². The maximum absolute atomic E-state index is 11.9. The summed E-state index contributed by atoms with van der Waals surface area (Å²) in [6.45, 7) is 3.48. The van der Waals surface area contributed by atoms with Crippen molar-refractivity contribution in [3.05, 3.63) is 35.9 Å². The van der Waals surface area contributed by atoms with Crippen molar-refractivity contribution in [2.45, 2.75) is 26.3 Å². The molecular formula is C14H20ClNO2. The maximum Gasteiger partial charge on any atom is 0.227 e. The van der Waals surface area contributed by atoms with Crippen molar-refractivity contribution in [3.63, 3.8) is 0 Å². The van der Waals surface area contributed by atoms with Gasteiger partial charge in [0.1, 0.15) is 0 Å². The molecule has 0 saturated carbocycles. The van der Waals surface area contributed by atoms with Gasteiger partial charge in [-0.2, -0.15) is 0 Å². The molecule has 3 nitrogen and oxygen atoms in total. The van der Waals surface area contributed by atoms with Crippen LogP contribution in [0.4, 0.5) is 0 Å². The Hall–Kier alpha value is -1.06. The summed E-state index contributed by atoms with van der Waals surface area (Å²) in [4.78, 5) is 11.9. The summed E-state index contributed by atoms with van der Waals surface area (Å²) in [6, 6.07) is 9.49. The molecule has 0 aliphatic heterocycles. The molecule has 0 radical (unpaired) electrons. The number of carbonyl (C=O) groups excluding carboxylic acids is 1. The molecular weight excluding hydrogens is 250 g/mol. The van der Waals surface area contributed by atoms with Gasteiger partial charge in [0.25, 0.3) is 0 Å². The molecule has 1 aromatic carbocycles. The topological polar surface area (TPSA) is 49.3 Å². The highest BCUT2D eigenvalue weighted by Gasteiger charge is 2.28. The third kappa shape index (κ3) is 4.31. The predicted molar refractivity (Wildman–Crippen MR) is 73.7 cm³/mol. The van der Waals surface area contributed by atoms with E-state index in [1.165, 1.54) is 0 Å². The Bertz CT molecular complexity index is 379. The minimum absolute atomic E-state index is 0.0843. The number of aliphatic hydroxyl groups is 1. The molecule has 0 spiro atoms. The quantitative estimate of drug-likeness (QED) is 0.776. The van der Waals surface area contributed by atoms with Crippen molar-refractivity contribution >= 4 is 17.5 Å². The first-order valence-electron chi connectivity index (χ1n) is 6.01. The molecule has 0 fully saturated rings. The Labute approximate surface area is 113 Å². The molecule has 0 aromatic heterocycles. The molecule has 18 heavy (non-hydrogen) atoms. The molecule has 0 aliphatic carbocycles. The lowest BCUT2D eigenvalue weighted by molar-refractivity contribution is -0.129. The summed E-state index contributed by atoms with van der Waals surface area (Å²) >= 11 is 5.75. The number of benzene rings is 1. The molecule has 1 amide bonds. The third-order valence-electron chi connectivity index (χ3n) is 2.83. The van der Waals surface area contributed by atoms with Crippen LogP contribution in [0, 0.1) is 5.41 Å². The zero-order chi connectivity index (χ0) is 13.6. The number of halogens is 1. The van der Waals surface area contributed by atoms with E-state index in [1.807, 2.05) is 30.3 Å². The van der Waals surface area contributed by atoms with E-state index in [0.29, 0.717) is 6.42 Å². The number of hydrogen-bond donors (Lipinski definition) is 2. The smallest absolute Gasteiger partial charge is 0.227 e. The lowest BCUT2D eigenvalue weighted by atomic mass is 9.94. The first kappa shape index (κ1) is 15.0. The van der Waals surface area contributed by atoms with Gasteiger partial charge in [0.15, 0.2) is 0 Å². The Kier molecular flexibility index (Phi) is 5.63. The van der Waals surface area contributed by atoms with E-state index in [9.17, 15) is 9.90 Å². The highest BCUT2D eigenvalue weighted by Crippen LogP contribution is 2.17. The summed E-state index contributed by atoms with van der Waals surface area (Å²) in [5.41, 5.74) is 0.464. The van der Waals surface area contributed by atoms with Crippen LogP contribution in [-0.2, 0) is 11.2 Å². The van der Waals surface area contributed by atoms with Gasteiger partial charge in [0.05, 0.1) is 18.1 Å². The van der Waals surface area contributed by atoms with Crippen LogP contribution in [0.2, 0.25) is 0 Å². The van der Waals surface area contributed by atoms with Crippen molar-refractivity contribution in [1.29, 1.82) is 0 Å². The van der Waals surface area contributed by atoms with Crippen LogP contribution in [0.1, 0.15) is 19.4 Å². The highest BCUT2D eigenvalue weighted by atomic mass is 35.5. The molecule has 0 saturated heterocycles. The van der Waals surface area contributed by atoms with Gasteiger partial charge in [-0.15, -0.1) is 11.6 Å². The van der Waals surface area contributed by atoms with Crippen LogP contribution in [0.5, 0.6) is 0 Å². The van der Waals surface area contributed by atoms with Crippen LogP contribution < -0.4 is 5.32 Å². The van der Waals surface area contributed by atoms with Crippen molar-refractivity contribution in [3.8, 4) is 0 Å². The number of carbonyl (C=O) groups is 1. The van der Waals surface area contributed by atoms with Crippen LogP contribution in [0.25, 0.3) is 0 Å². The van der Waals surface area contributed by atoms with Crippen molar-refractivity contribution in [2.24, 2.45) is 5.41 Å². The minimum atomic E-state index is -0.619. The first-order chi connectivity index (χ1) is 8.49. The van der Waals surface area contributed by atoms with Crippen LogP contribution in [-0.4, -0.2) is 29.5 Å². The second-order valence-corrected chi connectivity index (χ2v) is 5.33. The standard InChI is InChI=1S/C14H20ClNO2/c1-14(2,10-15)13(18)16-12(9-17)8-11-6-4-3-5-7-11/h3-7,12,17H,8-10H2,1-2H3,(H,16,18)/t12-/m1/s1. The van der Waals surface area contributed by atoms with E-state index in [4.69, 9.17) is 11.6 Å². The molecule has 100 valence electrons. The molecule has 1 aromatic rings. The second kappa shape index (κ2) is 6.76. The van der Waals surface area contributed by atoms with Gasteiger partial charge >= 0.3 is 0 Å². The minimum Gasteiger partial charge on any atom is -0.394 e. The van der Waals surface area contributed by atoms with E-state index < -0.39 is 5.41 Å². The molecule has 1 atom stereocenters. The Balaban J connectivity index is 2.60. The lowest BCUT2D eigenvalue weighted by Gasteiger charge is -2.24. The van der Waals surface area contributed by atoms with Gasteiger partial charge < -0.3 is 10.4 Å². The normalized spacial score (nSPS) is 13.1. The largest absolute Gasteiger partial charge is 0.394 e. The summed E-state index contributed by atoms with van der Waals surface area (Å²) in [5, 5.41) is 12.2. The van der Waals surface area contributed by atoms with Gasteiger partial charge in [0, 0.05) is 5.88 Å². The number of hydrogen-bond acceptors (Lipinski definition) is 2. The average molecular weight is 270 g/mol. The molecule has 0 heterocycles. The Morgan fingerprint density at radius 3 is 2.50 bits per heavy atom. The average Bonchev–Trinajstić information content (AvgIpc) is 2.38. The molecule has 0 aliphatic rings. The van der Waals surface area contributed by atoms with Crippen LogP contribution in [0.3, 0.4) is 0 Å². The van der Waals surface area contributed by atoms with Crippen molar-refractivity contribution < 1.29 is 9.90 Å². The summed E-state index contributed by atoms with van der Waals surface area (Å²) in [5.74, 6) is 0.120. The summed E-state index contributed by atoms with van der Waals surface area (Å²) in [6.07, 6.45) is 0.613. The lowest BCUT2D eigenvalue weighted by Crippen LogP contribution is -2.46.